The van der Waals surface area contributed by atoms with Gasteiger partial charge in [-0.15, -0.1) is 0 Å². The zero-order valence-electron chi connectivity index (χ0n) is 17.0. The van der Waals surface area contributed by atoms with Crippen LogP contribution in [0, 0.1) is 0 Å². The van der Waals surface area contributed by atoms with Crippen molar-refractivity contribution in [3.05, 3.63) is 59.7 Å². The molecule has 4 rings (SSSR count). The Hall–Kier alpha value is -2.42. The smallest absolute Gasteiger partial charge is 0.253 e. The van der Waals surface area contributed by atoms with Gasteiger partial charge in [0.15, 0.2) is 0 Å². The molecule has 2 saturated heterocycles. The molecule has 2 aromatic rings. The molecule has 0 radical (unpaired) electrons. The van der Waals surface area contributed by atoms with E-state index in [2.05, 4.69) is 0 Å². The quantitative estimate of drug-likeness (QED) is 0.728. The molecule has 0 bridgehead atoms. The molecule has 1 atom stereocenters. The Kier molecular flexibility index (Phi) is 6.08. The Bertz CT molecular complexity index is 1000. The van der Waals surface area contributed by atoms with Crippen molar-refractivity contribution in [2.45, 2.75) is 17.2 Å². The molecule has 30 heavy (non-hydrogen) atoms. The maximum Gasteiger partial charge on any atom is 0.253 e. The van der Waals surface area contributed by atoms with E-state index in [-0.39, 0.29) is 16.7 Å². The van der Waals surface area contributed by atoms with Gasteiger partial charge in [0.05, 0.1) is 25.2 Å². The van der Waals surface area contributed by atoms with Crippen LogP contribution in [0.15, 0.2) is 53.4 Å². The zero-order valence-corrected chi connectivity index (χ0v) is 17.8. The molecule has 1 unspecified atom stereocenters. The molecule has 2 fully saturated rings. The normalized spacial score (nSPS) is 20.3. The summed E-state index contributed by atoms with van der Waals surface area (Å²) in [7, 11) is -1.99. The number of methoxy groups -OCH3 is 1. The van der Waals surface area contributed by atoms with Gasteiger partial charge in [-0.3, -0.25) is 4.79 Å². The molecule has 0 saturated carbocycles. The average molecular weight is 431 g/mol. The van der Waals surface area contributed by atoms with Gasteiger partial charge in [-0.2, -0.15) is 4.31 Å². The Morgan fingerprint density at radius 2 is 1.80 bits per heavy atom. The fourth-order valence-electron chi connectivity index (χ4n) is 4.00. The van der Waals surface area contributed by atoms with Crippen LogP contribution in [0.4, 0.5) is 0 Å². The molecule has 0 N–H and O–H groups in total. The first-order valence-electron chi connectivity index (χ1n) is 10.1. The molecule has 1 amide bonds. The predicted octanol–water partition coefficient (Wildman–Crippen LogP) is 2.35. The van der Waals surface area contributed by atoms with E-state index in [0.717, 1.165) is 12.2 Å². The van der Waals surface area contributed by atoms with E-state index in [9.17, 15) is 13.2 Å². The standard InChI is InChI=1S/C22H26N2O5S/c1-28-20-7-5-17(6-8-20)19-9-10-23(16-19)22(25)18-3-2-4-21(15-18)30(26,27)24-11-13-29-14-12-24/h2-8,15,19H,9-14,16H2,1H3. The number of carbonyl (C=O) groups is 1. The number of ether oxygens (including phenoxy) is 2. The number of amides is 1. The fraction of sp³-hybridized carbons (Fsp3) is 0.409. The number of morpholine rings is 1. The van der Waals surface area contributed by atoms with Crippen molar-refractivity contribution in [1.29, 1.82) is 0 Å². The summed E-state index contributed by atoms with van der Waals surface area (Å²) >= 11 is 0. The number of benzene rings is 2. The summed E-state index contributed by atoms with van der Waals surface area (Å²) in [6, 6.07) is 14.3. The fourth-order valence-corrected chi connectivity index (χ4v) is 5.46. The van der Waals surface area contributed by atoms with Crippen LogP contribution in [-0.4, -0.2) is 70.0 Å². The lowest BCUT2D eigenvalue weighted by Crippen LogP contribution is -2.40. The monoisotopic (exact) mass is 430 g/mol. The highest BCUT2D eigenvalue weighted by Crippen LogP contribution is 2.30. The highest BCUT2D eigenvalue weighted by atomic mass is 32.2. The minimum Gasteiger partial charge on any atom is -0.497 e. The number of hydrogen-bond donors (Lipinski definition) is 0. The van der Waals surface area contributed by atoms with Gasteiger partial charge >= 0.3 is 0 Å². The van der Waals surface area contributed by atoms with Crippen LogP contribution in [0.3, 0.4) is 0 Å². The number of hydrogen-bond acceptors (Lipinski definition) is 5. The summed E-state index contributed by atoms with van der Waals surface area (Å²) in [4.78, 5) is 15.0. The molecular weight excluding hydrogens is 404 g/mol. The first-order valence-corrected chi connectivity index (χ1v) is 11.5. The van der Waals surface area contributed by atoms with Gasteiger partial charge in [0.1, 0.15) is 5.75 Å². The molecule has 0 aliphatic carbocycles. The molecule has 7 nitrogen and oxygen atoms in total. The van der Waals surface area contributed by atoms with Crippen molar-refractivity contribution < 1.29 is 22.7 Å². The SMILES string of the molecule is COc1ccc(C2CCN(C(=O)c3cccc(S(=O)(=O)N4CCOCC4)c3)C2)cc1. The lowest BCUT2D eigenvalue weighted by Gasteiger charge is -2.26. The second-order valence-corrected chi connectivity index (χ2v) is 9.49. The van der Waals surface area contributed by atoms with Gasteiger partial charge in [-0.25, -0.2) is 8.42 Å². The molecule has 160 valence electrons. The topological polar surface area (TPSA) is 76.2 Å². The molecule has 2 aromatic carbocycles. The van der Waals surface area contributed by atoms with Crippen LogP contribution in [0.1, 0.15) is 28.3 Å². The van der Waals surface area contributed by atoms with Crippen LogP contribution in [-0.2, 0) is 14.8 Å². The van der Waals surface area contributed by atoms with Crippen molar-refractivity contribution in [2.24, 2.45) is 0 Å². The minimum atomic E-state index is -3.63. The lowest BCUT2D eigenvalue weighted by atomic mass is 9.98. The highest BCUT2D eigenvalue weighted by molar-refractivity contribution is 7.89. The third-order valence-electron chi connectivity index (χ3n) is 5.75. The summed E-state index contributed by atoms with van der Waals surface area (Å²) < 4.78 is 37.7. The Morgan fingerprint density at radius 1 is 1.07 bits per heavy atom. The summed E-state index contributed by atoms with van der Waals surface area (Å²) in [5.41, 5.74) is 1.58. The molecule has 2 heterocycles. The van der Waals surface area contributed by atoms with Crippen molar-refractivity contribution in [1.82, 2.24) is 9.21 Å². The number of carbonyl (C=O) groups excluding carboxylic acids is 1. The summed E-state index contributed by atoms with van der Waals surface area (Å²) in [5.74, 6) is 0.938. The van der Waals surface area contributed by atoms with Gasteiger partial charge in [-0.05, 0) is 42.3 Å². The van der Waals surface area contributed by atoms with Gasteiger partial charge in [-0.1, -0.05) is 18.2 Å². The third kappa shape index (κ3) is 4.21. The van der Waals surface area contributed by atoms with Crippen molar-refractivity contribution in [3.63, 3.8) is 0 Å². The van der Waals surface area contributed by atoms with E-state index in [4.69, 9.17) is 9.47 Å². The molecular formula is C22H26N2O5S. The van der Waals surface area contributed by atoms with Crippen LogP contribution in [0.2, 0.25) is 0 Å². The van der Waals surface area contributed by atoms with Gasteiger partial charge < -0.3 is 14.4 Å². The molecule has 0 aromatic heterocycles. The van der Waals surface area contributed by atoms with Crippen molar-refractivity contribution in [2.75, 3.05) is 46.5 Å². The third-order valence-corrected chi connectivity index (χ3v) is 7.65. The second-order valence-electron chi connectivity index (χ2n) is 7.55. The second kappa shape index (κ2) is 8.75. The highest BCUT2D eigenvalue weighted by Gasteiger charge is 2.30. The summed E-state index contributed by atoms with van der Waals surface area (Å²) in [6.45, 7) is 2.70. The average Bonchev–Trinajstić information content (AvgIpc) is 3.29. The van der Waals surface area contributed by atoms with Crippen LogP contribution in [0.25, 0.3) is 0 Å². The van der Waals surface area contributed by atoms with Crippen LogP contribution >= 0.6 is 0 Å². The van der Waals surface area contributed by atoms with E-state index >= 15 is 0 Å². The van der Waals surface area contributed by atoms with E-state index < -0.39 is 10.0 Å². The van der Waals surface area contributed by atoms with Gasteiger partial charge in [0, 0.05) is 37.7 Å². The van der Waals surface area contributed by atoms with Gasteiger partial charge in [0.25, 0.3) is 5.91 Å². The van der Waals surface area contributed by atoms with Crippen LogP contribution in [0.5, 0.6) is 5.75 Å². The van der Waals surface area contributed by atoms with Crippen molar-refractivity contribution >= 4 is 15.9 Å². The molecule has 2 aliphatic rings. The molecule has 0 spiro atoms. The van der Waals surface area contributed by atoms with Crippen LogP contribution < -0.4 is 4.74 Å². The Labute approximate surface area is 177 Å². The number of rotatable bonds is 5. The Balaban J connectivity index is 1.48. The number of nitrogens with zero attached hydrogens (tertiary/aromatic N) is 2. The van der Waals surface area contributed by atoms with E-state index in [1.165, 1.54) is 15.9 Å². The van der Waals surface area contributed by atoms with Gasteiger partial charge in [0.2, 0.25) is 10.0 Å². The zero-order chi connectivity index (χ0) is 21.1. The molecule has 2 aliphatic heterocycles. The number of likely N-dealkylation sites (tertiary alicyclic amines) is 1. The maximum absolute atomic E-state index is 13.1. The van der Waals surface area contributed by atoms with E-state index in [0.29, 0.717) is 45.0 Å². The first-order chi connectivity index (χ1) is 14.5. The van der Waals surface area contributed by atoms with Crippen molar-refractivity contribution in [3.8, 4) is 5.75 Å². The van der Waals surface area contributed by atoms with E-state index in [1.807, 2.05) is 24.3 Å². The Morgan fingerprint density at radius 3 is 2.50 bits per heavy atom. The minimum absolute atomic E-state index is 0.134. The van der Waals surface area contributed by atoms with E-state index in [1.54, 1.807) is 30.2 Å². The maximum atomic E-state index is 13.1. The lowest BCUT2D eigenvalue weighted by molar-refractivity contribution is 0.0730. The number of sulfonamides is 1. The summed E-state index contributed by atoms with van der Waals surface area (Å²) in [6.07, 6.45) is 0.879. The largest absolute Gasteiger partial charge is 0.497 e. The predicted molar refractivity (Wildman–Crippen MR) is 112 cm³/mol. The molecule has 8 heteroatoms. The first kappa shape index (κ1) is 20.8. The summed E-state index contributed by atoms with van der Waals surface area (Å²) in [5, 5.41) is 0.